The Balaban J connectivity index is 2.28. The molecule has 2 saturated heterocycles. The Morgan fingerprint density at radius 2 is 2.25 bits per heavy atom. The average molecular weight is 245 g/mol. The van der Waals surface area contributed by atoms with Crippen LogP contribution in [0.15, 0.2) is 0 Å². The molecule has 2 heterocycles. The number of carboxylic acids is 1. The molecule has 16 heavy (non-hydrogen) atoms. The second-order valence-electron chi connectivity index (χ2n) is 5.16. The Morgan fingerprint density at radius 3 is 2.75 bits per heavy atom. The number of carboxylic acid groups (broad SMARTS) is 1. The van der Waals surface area contributed by atoms with Crippen LogP contribution in [-0.4, -0.2) is 58.3 Å². The number of rotatable bonds is 2. The molecule has 0 aromatic carbocycles. The lowest BCUT2D eigenvalue weighted by atomic mass is 9.89. The van der Waals surface area contributed by atoms with Crippen LogP contribution in [0.1, 0.15) is 20.3 Å². The van der Waals surface area contributed by atoms with Gasteiger partial charge in [-0.2, -0.15) is 11.8 Å². The first-order valence-corrected chi connectivity index (χ1v) is 6.81. The normalized spacial score (nSPS) is 35.1. The summed E-state index contributed by atoms with van der Waals surface area (Å²) in [6.07, 6.45) is 0.746. The molecule has 2 aliphatic heterocycles. The third-order valence-electron chi connectivity index (χ3n) is 3.56. The molecule has 0 aromatic rings. The van der Waals surface area contributed by atoms with E-state index in [-0.39, 0.29) is 5.54 Å². The van der Waals surface area contributed by atoms with Crippen LogP contribution in [0.2, 0.25) is 0 Å². The topological polar surface area (TPSA) is 49.8 Å². The minimum atomic E-state index is -0.674. The second-order valence-corrected chi connectivity index (χ2v) is 6.26. The van der Waals surface area contributed by atoms with Gasteiger partial charge in [0, 0.05) is 17.8 Å². The van der Waals surface area contributed by atoms with Crippen LogP contribution < -0.4 is 0 Å². The molecule has 5 heteroatoms. The summed E-state index contributed by atoms with van der Waals surface area (Å²) in [6, 6.07) is 0. The van der Waals surface area contributed by atoms with E-state index < -0.39 is 11.5 Å². The van der Waals surface area contributed by atoms with Gasteiger partial charge >= 0.3 is 5.97 Å². The molecule has 0 radical (unpaired) electrons. The van der Waals surface area contributed by atoms with Crippen LogP contribution in [0.25, 0.3) is 0 Å². The van der Waals surface area contributed by atoms with Crippen LogP contribution in [0.3, 0.4) is 0 Å². The number of nitrogens with zero attached hydrogens (tertiary/aromatic N) is 1. The van der Waals surface area contributed by atoms with Gasteiger partial charge in [-0.1, -0.05) is 0 Å². The van der Waals surface area contributed by atoms with Crippen molar-refractivity contribution >= 4 is 17.7 Å². The van der Waals surface area contributed by atoms with Crippen molar-refractivity contribution in [2.45, 2.75) is 31.3 Å². The van der Waals surface area contributed by atoms with Crippen molar-refractivity contribution in [1.82, 2.24) is 4.90 Å². The van der Waals surface area contributed by atoms with Gasteiger partial charge in [0.15, 0.2) is 0 Å². The Kier molecular flexibility index (Phi) is 3.20. The number of morpholine rings is 1. The highest BCUT2D eigenvalue weighted by molar-refractivity contribution is 7.99. The summed E-state index contributed by atoms with van der Waals surface area (Å²) in [5, 5.41) is 9.55. The lowest BCUT2D eigenvalue weighted by Crippen LogP contribution is -2.66. The molecule has 2 fully saturated rings. The van der Waals surface area contributed by atoms with E-state index >= 15 is 0 Å². The van der Waals surface area contributed by atoms with Crippen molar-refractivity contribution in [2.24, 2.45) is 0 Å². The minimum Gasteiger partial charge on any atom is -0.480 e. The zero-order chi connectivity index (χ0) is 11.8. The van der Waals surface area contributed by atoms with Gasteiger partial charge in [0.2, 0.25) is 0 Å². The summed E-state index contributed by atoms with van der Waals surface area (Å²) in [5.41, 5.74) is -0.848. The maximum absolute atomic E-state index is 11.6. The minimum absolute atomic E-state index is 0.179. The standard InChI is InChI=1S/C11H19NO3S/c1-10(2)7-15-5-4-12(10)11(9(13)14)3-6-16-8-11/h3-8H2,1-2H3,(H,13,14). The van der Waals surface area contributed by atoms with Crippen molar-refractivity contribution < 1.29 is 14.6 Å². The van der Waals surface area contributed by atoms with E-state index in [1.807, 2.05) is 0 Å². The fourth-order valence-electron chi connectivity index (χ4n) is 2.70. The Labute approximate surface area is 100 Å². The van der Waals surface area contributed by atoms with Gasteiger partial charge in [-0.3, -0.25) is 9.69 Å². The Hall–Kier alpha value is -0.260. The molecule has 0 amide bonds. The molecule has 2 aliphatic rings. The van der Waals surface area contributed by atoms with E-state index in [4.69, 9.17) is 4.74 Å². The molecule has 2 rings (SSSR count). The molecular weight excluding hydrogens is 226 g/mol. The number of carbonyl (C=O) groups is 1. The third kappa shape index (κ3) is 1.85. The van der Waals surface area contributed by atoms with E-state index in [0.29, 0.717) is 19.0 Å². The maximum Gasteiger partial charge on any atom is 0.325 e. The first-order valence-electron chi connectivity index (χ1n) is 5.66. The van der Waals surface area contributed by atoms with E-state index in [1.54, 1.807) is 11.8 Å². The first-order chi connectivity index (χ1) is 7.49. The Morgan fingerprint density at radius 1 is 1.50 bits per heavy atom. The predicted molar refractivity (Wildman–Crippen MR) is 63.9 cm³/mol. The zero-order valence-electron chi connectivity index (χ0n) is 9.86. The molecular formula is C11H19NO3S. The van der Waals surface area contributed by atoms with Gasteiger partial charge in [0.25, 0.3) is 0 Å². The first kappa shape index (κ1) is 12.2. The molecule has 0 bridgehead atoms. The lowest BCUT2D eigenvalue weighted by Gasteiger charge is -2.50. The van der Waals surface area contributed by atoms with Crippen LogP contribution in [-0.2, 0) is 9.53 Å². The van der Waals surface area contributed by atoms with E-state index in [9.17, 15) is 9.90 Å². The summed E-state index contributed by atoms with van der Waals surface area (Å²) < 4.78 is 5.46. The van der Waals surface area contributed by atoms with Crippen molar-refractivity contribution in [1.29, 1.82) is 0 Å². The highest BCUT2D eigenvalue weighted by Gasteiger charge is 2.52. The van der Waals surface area contributed by atoms with Crippen molar-refractivity contribution in [2.75, 3.05) is 31.3 Å². The highest BCUT2D eigenvalue weighted by Crippen LogP contribution is 2.39. The van der Waals surface area contributed by atoms with Crippen molar-refractivity contribution in [3.63, 3.8) is 0 Å². The van der Waals surface area contributed by atoms with E-state index in [0.717, 1.165) is 18.7 Å². The Bertz CT molecular complexity index is 287. The summed E-state index contributed by atoms with van der Waals surface area (Å²) >= 11 is 1.74. The second kappa shape index (κ2) is 4.20. The number of ether oxygens (including phenoxy) is 1. The fraction of sp³-hybridized carbons (Fsp3) is 0.909. The molecule has 1 unspecified atom stereocenters. The molecule has 0 spiro atoms. The molecule has 0 aromatic heterocycles. The third-order valence-corrected chi connectivity index (χ3v) is 4.74. The quantitative estimate of drug-likeness (QED) is 0.788. The predicted octanol–water partition coefficient (Wildman–Crippen LogP) is 1.06. The number of thioether (sulfide) groups is 1. The van der Waals surface area contributed by atoms with Crippen LogP contribution >= 0.6 is 11.8 Å². The monoisotopic (exact) mass is 245 g/mol. The smallest absolute Gasteiger partial charge is 0.325 e. The molecule has 4 nitrogen and oxygen atoms in total. The lowest BCUT2D eigenvalue weighted by molar-refractivity contribution is -0.163. The molecule has 0 saturated carbocycles. The average Bonchev–Trinajstić information content (AvgIpc) is 2.66. The van der Waals surface area contributed by atoms with Gasteiger partial charge in [-0.05, 0) is 26.0 Å². The zero-order valence-corrected chi connectivity index (χ0v) is 10.7. The van der Waals surface area contributed by atoms with E-state index in [1.165, 1.54) is 0 Å². The van der Waals surface area contributed by atoms with Crippen LogP contribution in [0, 0.1) is 0 Å². The highest BCUT2D eigenvalue weighted by atomic mass is 32.2. The van der Waals surface area contributed by atoms with Gasteiger partial charge < -0.3 is 9.84 Å². The largest absolute Gasteiger partial charge is 0.480 e. The van der Waals surface area contributed by atoms with Crippen molar-refractivity contribution in [3.05, 3.63) is 0 Å². The van der Waals surface area contributed by atoms with Crippen LogP contribution in [0.5, 0.6) is 0 Å². The SMILES string of the molecule is CC1(C)COCCN1C1(C(=O)O)CCSC1. The van der Waals surface area contributed by atoms with Gasteiger partial charge in [-0.25, -0.2) is 0 Å². The molecule has 0 aliphatic carbocycles. The summed E-state index contributed by atoms with van der Waals surface area (Å²) in [6.45, 7) is 6.12. The molecule has 1 atom stereocenters. The van der Waals surface area contributed by atoms with Gasteiger partial charge in [0.1, 0.15) is 5.54 Å². The summed E-state index contributed by atoms with van der Waals surface area (Å²) in [7, 11) is 0. The molecule has 1 N–H and O–H groups in total. The summed E-state index contributed by atoms with van der Waals surface area (Å²) in [5.74, 6) is 0.971. The van der Waals surface area contributed by atoms with Crippen molar-refractivity contribution in [3.8, 4) is 0 Å². The molecule has 92 valence electrons. The van der Waals surface area contributed by atoms with Gasteiger partial charge in [0.05, 0.1) is 13.2 Å². The van der Waals surface area contributed by atoms with Gasteiger partial charge in [-0.15, -0.1) is 0 Å². The fourth-order valence-corrected chi connectivity index (χ4v) is 4.09. The number of hydrogen-bond acceptors (Lipinski definition) is 4. The number of hydrogen-bond donors (Lipinski definition) is 1. The maximum atomic E-state index is 11.6. The summed E-state index contributed by atoms with van der Waals surface area (Å²) in [4.78, 5) is 13.8. The van der Waals surface area contributed by atoms with Crippen LogP contribution in [0.4, 0.5) is 0 Å². The van der Waals surface area contributed by atoms with E-state index in [2.05, 4.69) is 18.7 Å². The number of aliphatic carboxylic acids is 1.